The number of hydrogen-bond acceptors (Lipinski definition) is 7. The van der Waals surface area contributed by atoms with E-state index >= 15 is 0 Å². The van der Waals surface area contributed by atoms with Gasteiger partial charge in [0, 0.05) is 49.3 Å². The number of carbonyl (C=O) groups is 4. The molecule has 5 fully saturated rings. The van der Waals surface area contributed by atoms with Gasteiger partial charge in [-0.05, 0) is 68.2 Å². The molecule has 5 rings (SSSR count). The van der Waals surface area contributed by atoms with Gasteiger partial charge in [0.1, 0.15) is 17.7 Å². The number of carboxylic acid groups (broad SMARTS) is 2. The molecule has 0 radical (unpaired) electrons. The molecule has 5 aliphatic rings. The van der Waals surface area contributed by atoms with Crippen LogP contribution in [-0.2, 0) is 24.0 Å². The zero-order valence-electron chi connectivity index (χ0n) is 21.2. The molecule has 0 aromatic heterocycles. The van der Waals surface area contributed by atoms with Gasteiger partial charge in [-0.25, -0.2) is 9.59 Å². The molecule has 0 bridgehead atoms. The predicted molar refractivity (Wildman–Crippen MR) is 131 cm³/mol. The maximum absolute atomic E-state index is 13.3. The molecule has 4 saturated carbocycles. The maximum Gasteiger partial charge on any atom is 0.328 e. The average molecular weight is 503 g/mol. The molecule has 0 amide bonds. The molecule has 0 spiro atoms. The number of nitrogens with zero attached hydrogens (tertiary/aromatic N) is 1. The van der Waals surface area contributed by atoms with Crippen LogP contribution in [0.4, 0.5) is 0 Å². The lowest BCUT2D eigenvalue weighted by Crippen LogP contribution is -2.57. The quantitative estimate of drug-likeness (QED) is 0.393. The molecular weight excluding hydrogens is 464 g/mol. The number of oxime groups is 1. The molecule has 9 nitrogen and oxygen atoms in total. The summed E-state index contributed by atoms with van der Waals surface area (Å²) >= 11 is 0. The summed E-state index contributed by atoms with van der Waals surface area (Å²) in [6.07, 6.45) is 9.65. The van der Waals surface area contributed by atoms with E-state index in [2.05, 4.69) is 24.3 Å². The summed E-state index contributed by atoms with van der Waals surface area (Å²) < 4.78 is 0. The van der Waals surface area contributed by atoms with E-state index in [1.54, 1.807) is 0 Å². The SMILES string of the molecule is C[C@]12CCC(=NO[C@@H]3CCNC3)CC1CC(=O)[C@@H]1[C@@H]2CC[C@]2(C)C(=O)CC[C@@H]12.O=C(O)/C=C/C(=O)O. The van der Waals surface area contributed by atoms with Crippen LogP contribution in [-0.4, -0.2) is 58.6 Å². The average Bonchev–Trinajstić information content (AvgIpc) is 3.45. The standard InChI is InChI=1S/C23H34N2O3.C4H4O4/c1-22-8-5-15(25-28-16-7-10-24-13-16)11-14(22)12-19(26)21-17-3-4-20(27)23(17,2)9-6-18(21)22;5-3(6)1-2-4(7)8/h14,16-18,21,24H,3-13H2,1-2H3;1-2H,(H,5,6)(H,7,8)/b;2-1+/t14?,16-,17+,18+,21+,22+,23+;/m1./s1. The molecule has 1 heterocycles. The highest BCUT2D eigenvalue weighted by Crippen LogP contribution is 2.64. The van der Waals surface area contributed by atoms with E-state index in [0.717, 1.165) is 63.7 Å². The summed E-state index contributed by atoms with van der Waals surface area (Å²) in [5.41, 5.74) is 1.13. The molecule has 3 N–H and O–H groups in total. The van der Waals surface area contributed by atoms with Crippen LogP contribution >= 0.6 is 0 Å². The van der Waals surface area contributed by atoms with E-state index in [0.29, 0.717) is 48.4 Å². The van der Waals surface area contributed by atoms with E-state index in [4.69, 9.17) is 15.1 Å². The van der Waals surface area contributed by atoms with Gasteiger partial charge in [0.15, 0.2) is 0 Å². The lowest BCUT2D eigenvalue weighted by atomic mass is 9.45. The van der Waals surface area contributed by atoms with Crippen LogP contribution in [0.3, 0.4) is 0 Å². The molecule has 9 heteroatoms. The number of aliphatic carboxylic acids is 2. The number of carbonyl (C=O) groups excluding carboxylic acids is 2. The van der Waals surface area contributed by atoms with E-state index in [1.165, 1.54) is 0 Å². The van der Waals surface area contributed by atoms with Crippen LogP contribution in [0.5, 0.6) is 0 Å². The van der Waals surface area contributed by atoms with E-state index in [9.17, 15) is 19.2 Å². The molecule has 7 atom stereocenters. The van der Waals surface area contributed by atoms with Crippen molar-refractivity contribution in [3.63, 3.8) is 0 Å². The highest BCUT2D eigenvalue weighted by molar-refractivity contribution is 5.92. The van der Waals surface area contributed by atoms with Crippen molar-refractivity contribution in [1.82, 2.24) is 5.32 Å². The third-order valence-corrected chi connectivity index (χ3v) is 9.73. The number of rotatable bonds is 4. The Kier molecular flexibility index (Phi) is 7.69. The molecule has 4 aliphatic carbocycles. The molecule has 1 saturated heterocycles. The Morgan fingerprint density at radius 2 is 1.72 bits per heavy atom. The fourth-order valence-corrected chi connectivity index (χ4v) is 7.60. The zero-order chi connectivity index (χ0) is 26.1. The van der Waals surface area contributed by atoms with Gasteiger partial charge < -0.3 is 20.4 Å². The highest BCUT2D eigenvalue weighted by Gasteiger charge is 2.62. The normalized spacial score (nSPS) is 40.7. The van der Waals surface area contributed by atoms with Crippen LogP contribution < -0.4 is 5.32 Å². The molecule has 36 heavy (non-hydrogen) atoms. The topological polar surface area (TPSA) is 142 Å². The fraction of sp³-hybridized carbons (Fsp3) is 0.741. The van der Waals surface area contributed by atoms with Crippen molar-refractivity contribution in [2.45, 2.75) is 77.7 Å². The van der Waals surface area contributed by atoms with Gasteiger partial charge in [-0.1, -0.05) is 19.0 Å². The molecule has 1 aliphatic heterocycles. The van der Waals surface area contributed by atoms with Gasteiger partial charge in [-0.3, -0.25) is 9.59 Å². The monoisotopic (exact) mass is 502 g/mol. The van der Waals surface area contributed by atoms with Crippen molar-refractivity contribution in [2.24, 2.45) is 39.7 Å². The first-order chi connectivity index (χ1) is 17.0. The summed E-state index contributed by atoms with van der Waals surface area (Å²) in [6, 6.07) is 0. The Labute approximate surface area is 211 Å². The van der Waals surface area contributed by atoms with Crippen molar-refractivity contribution in [3.8, 4) is 0 Å². The van der Waals surface area contributed by atoms with Crippen LogP contribution in [0, 0.1) is 34.5 Å². The second kappa shape index (κ2) is 10.4. The largest absolute Gasteiger partial charge is 0.478 e. The lowest BCUT2D eigenvalue weighted by molar-refractivity contribution is -0.154. The minimum Gasteiger partial charge on any atom is -0.478 e. The lowest BCUT2D eigenvalue weighted by Gasteiger charge is -2.58. The molecule has 0 aromatic carbocycles. The first kappa shape index (κ1) is 26.5. The van der Waals surface area contributed by atoms with Gasteiger partial charge in [-0.2, -0.15) is 0 Å². The maximum atomic E-state index is 13.3. The number of nitrogens with one attached hydrogen (secondary N) is 1. The van der Waals surface area contributed by atoms with Crippen molar-refractivity contribution in [3.05, 3.63) is 12.2 Å². The van der Waals surface area contributed by atoms with Crippen LogP contribution in [0.2, 0.25) is 0 Å². The van der Waals surface area contributed by atoms with E-state index in [-0.39, 0.29) is 28.8 Å². The molecule has 1 unspecified atom stereocenters. The van der Waals surface area contributed by atoms with Crippen molar-refractivity contribution in [2.75, 3.05) is 13.1 Å². The zero-order valence-corrected chi connectivity index (χ0v) is 21.2. The minimum absolute atomic E-state index is 0.116. The summed E-state index contributed by atoms with van der Waals surface area (Å²) in [5.74, 6) is -0.430. The molecule has 198 valence electrons. The summed E-state index contributed by atoms with van der Waals surface area (Å²) in [6.45, 7) is 6.47. The Morgan fingerprint density at radius 1 is 1.00 bits per heavy atom. The van der Waals surface area contributed by atoms with Gasteiger partial charge in [-0.15, -0.1) is 0 Å². The van der Waals surface area contributed by atoms with Crippen LogP contribution in [0.1, 0.15) is 71.6 Å². The van der Waals surface area contributed by atoms with E-state index < -0.39 is 11.9 Å². The number of carboxylic acids is 2. The van der Waals surface area contributed by atoms with Gasteiger partial charge in [0.05, 0.1) is 5.71 Å². The Bertz CT molecular complexity index is 953. The molecule has 0 aromatic rings. The first-order valence-corrected chi connectivity index (χ1v) is 13.2. The second-order valence-electron chi connectivity index (χ2n) is 11.6. The third kappa shape index (κ3) is 5.12. The third-order valence-electron chi connectivity index (χ3n) is 9.73. The van der Waals surface area contributed by atoms with Gasteiger partial charge in [0.2, 0.25) is 0 Å². The Morgan fingerprint density at radius 3 is 2.36 bits per heavy atom. The Hall–Kier alpha value is -2.55. The fourth-order valence-electron chi connectivity index (χ4n) is 7.60. The van der Waals surface area contributed by atoms with Crippen LogP contribution in [0.15, 0.2) is 17.3 Å². The minimum atomic E-state index is -1.26. The highest BCUT2D eigenvalue weighted by atomic mass is 16.6. The second-order valence-corrected chi connectivity index (χ2v) is 11.6. The summed E-state index contributed by atoms with van der Waals surface area (Å²) in [5, 5.41) is 23.4. The van der Waals surface area contributed by atoms with Crippen LogP contribution in [0.25, 0.3) is 0 Å². The smallest absolute Gasteiger partial charge is 0.328 e. The summed E-state index contributed by atoms with van der Waals surface area (Å²) in [4.78, 5) is 50.7. The van der Waals surface area contributed by atoms with Crippen molar-refractivity contribution >= 4 is 29.2 Å². The van der Waals surface area contributed by atoms with Crippen molar-refractivity contribution in [1.29, 1.82) is 0 Å². The number of Topliss-reactive ketones (excluding diaryl/α,β-unsaturated/α-hetero) is 2. The number of fused-ring (bicyclic) bond motifs is 5. The van der Waals surface area contributed by atoms with Gasteiger partial charge in [0.25, 0.3) is 0 Å². The summed E-state index contributed by atoms with van der Waals surface area (Å²) in [7, 11) is 0. The Balaban J connectivity index is 0.000000331. The molecular formula is C27H38N2O7. The predicted octanol–water partition coefficient (Wildman–Crippen LogP) is 3.22. The first-order valence-electron chi connectivity index (χ1n) is 13.2. The number of ketones is 2. The number of hydrogen-bond donors (Lipinski definition) is 3. The van der Waals surface area contributed by atoms with Crippen molar-refractivity contribution < 1.29 is 34.2 Å². The van der Waals surface area contributed by atoms with Gasteiger partial charge >= 0.3 is 11.9 Å². The van der Waals surface area contributed by atoms with E-state index in [1.807, 2.05) is 0 Å².